The fourth-order valence-electron chi connectivity index (χ4n) is 2.19. The molecule has 17 heavy (non-hydrogen) atoms. The third kappa shape index (κ3) is 1.94. The lowest BCUT2D eigenvalue weighted by molar-refractivity contribution is 0.200. The molecular formula is C13H15ClFNO. The van der Waals surface area contributed by atoms with Crippen molar-refractivity contribution < 1.29 is 9.50 Å². The van der Waals surface area contributed by atoms with Crippen molar-refractivity contribution in [2.45, 2.75) is 32.9 Å². The number of aromatic nitrogens is 1. The number of nitrogens with zero attached hydrogens (tertiary/aromatic N) is 1. The molecule has 1 N–H and O–H groups in total. The summed E-state index contributed by atoms with van der Waals surface area (Å²) in [5, 5.41) is 10.9. The molecule has 1 aromatic heterocycles. The molecule has 4 heteroatoms. The van der Waals surface area contributed by atoms with E-state index < -0.39 is 6.10 Å². The van der Waals surface area contributed by atoms with Crippen LogP contribution in [0, 0.1) is 5.82 Å². The lowest BCUT2D eigenvalue weighted by atomic mass is 10.1. The highest BCUT2D eigenvalue weighted by Gasteiger charge is 2.20. The molecule has 2 aromatic rings. The smallest absolute Gasteiger partial charge is 0.147 e. The molecule has 0 saturated carbocycles. The lowest BCUT2D eigenvalue weighted by Gasteiger charge is -2.06. The quantitative estimate of drug-likeness (QED) is 0.884. The van der Waals surface area contributed by atoms with Crippen molar-refractivity contribution >= 4 is 22.5 Å². The van der Waals surface area contributed by atoms with E-state index in [1.54, 1.807) is 23.6 Å². The maximum Gasteiger partial charge on any atom is 0.147 e. The minimum Gasteiger partial charge on any atom is -0.389 e. The summed E-state index contributed by atoms with van der Waals surface area (Å²) < 4.78 is 15.6. The summed E-state index contributed by atoms with van der Waals surface area (Å²) in [7, 11) is 0. The molecule has 1 aromatic carbocycles. The molecule has 0 bridgehead atoms. The number of aliphatic hydroxyl groups excluding tert-OH is 1. The van der Waals surface area contributed by atoms with Crippen molar-refractivity contribution in [1.82, 2.24) is 4.57 Å². The molecule has 0 aliphatic rings. The molecule has 0 fully saturated rings. The van der Waals surface area contributed by atoms with Gasteiger partial charge in [-0.2, -0.15) is 0 Å². The number of aliphatic hydroxyl groups is 1. The van der Waals surface area contributed by atoms with Crippen LogP contribution in [0.4, 0.5) is 4.39 Å². The van der Waals surface area contributed by atoms with Gasteiger partial charge in [0, 0.05) is 17.5 Å². The molecule has 1 heterocycles. The summed E-state index contributed by atoms with van der Waals surface area (Å²) in [4.78, 5) is 0. The number of fused-ring (bicyclic) bond motifs is 1. The summed E-state index contributed by atoms with van der Waals surface area (Å²) in [6.07, 6.45) is 0.154. The zero-order valence-electron chi connectivity index (χ0n) is 9.87. The van der Waals surface area contributed by atoms with Gasteiger partial charge in [-0.3, -0.25) is 0 Å². The summed E-state index contributed by atoms with van der Waals surface area (Å²) >= 11 is 6.23. The van der Waals surface area contributed by atoms with Crippen molar-refractivity contribution in [1.29, 1.82) is 0 Å². The molecule has 0 spiro atoms. The minimum absolute atomic E-state index is 0.301. The molecule has 92 valence electrons. The molecule has 2 nitrogen and oxygen atoms in total. The molecule has 0 aliphatic heterocycles. The van der Waals surface area contributed by atoms with Gasteiger partial charge in [0.15, 0.2) is 0 Å². The summed E-state index contributed by atoms with van der Waals surface area (Å²) in [6, 6.07) is 4.84. The number of hydrogen-bond donors (Lipinski definition) is 1. The van der Waals surface area contributed by atoms with E-state index in [-0.39, 0.29) is 5.82 Å². The van der Waals surface area contributed by atoms with E-state index in [2.05, 4.69) is 0 Å². The van der Waals surface area contributed by atoms with E-state index >= 15 is 0 Å². The molecule has 0 aliphatic carbocycles. The van der Waals surface area contributed by atoms with Crippen LogP contribution >= 0.6 is 11.6 Å². The van der Waals surface area contributed by atoms with Crippen molar-refractivity contribution in [2.75, 3.05) is 0 Å². The molecule has 1 unspecified atom stereocenters. The number of rotatable bonds is 3. The lowest BCUT2D eigenvalue weighted by Crippen LogP contribution is -1.98. The molecular weight excluding hydrogens is 241 g/mol. The Hall–Kier alpha value is -1.06. The SMILES string of the molecule is CCCn1c(Cl)c(C(C)O)c2cccc(F)c21. The van der Waals surface area contributed by atoms with Gasteiger partial charge >= 0.3 is 0 Å². The minimum atomic E-state index is -0.704. The third-order valence-corrected chi connectivity index (χ3v) is 3.28. The average molecular weight is 256 g/mol. The van der Waals surface area contributed by atoms with Crippen LogP contribution in [0.1, 0.15) is 31.9 Å². The second-order valence-corrected chi connectivity index (χ2v) is 4.53. The fourth-order valence-corrected chi connectivity index (χ4v) is 2.62. The normalized spacial score (nSPS) is 13.2. The van der Waals surface area contributed by atoms with Gasteiger partial charge in [0.05, 0.1) is 11.6 Å². The van der Waals surface area contributed by atoms with Gasteiger partial charge in [0.25, 0.3) is 0 Å². The highest BCUT2D eigenvalue weighted by atomic mass is 35.5. The summed E-state index contributed by atoms with van der Waals surface area (Å²) in [5.74, 6) is -0.301. The van der Waals surface area contributed by atoms with Gasteiger partial charge < -0.3 is 9.67 Å². The maximum absolute atomic E-state index is 13.9. The second kappa shape index (κ2) is 4.67. The fraction of sp³-hybridized carbons (Fsp3) is 0.385. The van der Waals surface area contributed by atoms with Gasteiger partial charge in [-0.15, -0.1) is 0 Å². The molecule has 0 saturated heterocycles. The molecule has 1 atom stereocenters. The Morgan fingerprint density at radius 1 is 1.47 bits per heavy atom. The summed E-state index contributed by atoms with van der Waals surface area (Å²) in [5.41, 5.74) is 1.09. The van der Waals surface area contributed by atoms with Crippen LogP contribution in [0.25, 0.3) is 10.9 Å². The predicted molar refractivity (Wildman–Crippen MR) is 67.8 cm³/mol. The molecule has 0 radical (unpaired) electrons. The van der Waals surface area contributed by atoms with Crippen molar-refractivity contribution in [2.24, 2.45) is 0 Å². The van der Waals surface area contributed by atoms with Crippen LogP contribution < -0.4 is 0 Å². The summed E-state index contributed by atoms with van der Waals surface area (Å²) in [6.45, 7) is 4.29. The maximum atomic E-state index is 13.9. The Kier molecular flexibility index (Phi) is 3.40. The van der Waals surface area contributed by atoms with E-state index in [0.717, 1.165) is 6.42 Å². The monoisotopic (exact) mass is 255 g/mol. The third-order valence-electron chi connectivity index (χ3n) is 2.87. The van der Waals surface area contributed by atoms with E-state index in [4.69, 9.17) is 11.6 Å². The highest BCUT2D eigenvalue weighted by Crippen LogP contribution is 2.35. The van der Waals surface area contributed by atoms with E-state index in [1.165, 1.54) is 6.07 Å². The number of halogens is 2. The van der Waals surface area contributed by atoms with Crippen LogP contribution in [-0.2, 0) is 6.54 Å². The van der Waals surface area contributed by atoms with E-state index in [1.807, 2.05) is 6.92 Å². The predicted octanol–water partition coefficient (Wildman–Crippen LogP) is 3.90. The average Bonchev–Trinajstić information content (AvgIpc) is 2.54. The van der Waals surface area contributed by atoms with Crippen LogP contribution in [0.5, 0.6) is 0 Å². The standard InChI is InChI=1S/C13H15ClFNO/c1-3-7-16-12-9(5-4-6-10(12)15)11(8(2)17)13(16)14/h4-6,8,17H,3,7H2,1-2H3. The van der Waals surface area contributed by atoms with Gasteiger partial charge in [0.2, 0.25) is 0 Å². The first-order chi connectivity index (χ1) is 8.07. The number of aryl methyl sites for hydroxylation is 1. The Labute approximate surface area is 105 Å². The first-order valence-corrected chi connectivity index (χ1v) is 6.09. The second-order valence-electron chi connectivity index (χ2n) is 4.17. The molecule has 0 amide bonds. The van der Waals surface area contributed by atoms with Crippen molar-refractivity contribution in [3.63, 3.8) is 0 Å². The van der Waals surface area contributed by atoms with E-state index in [9.17, 15) is 9.50 Å². The van der Waals surface area contributed by atoms with Gasteiger partial charge in [-0.25, -0.2) is 4.39 Å². The Balaban J connectivity index is 2.83. The van der Waals surface area contributed by atoms with Crippen LogP contribution in [0.3, 0.4) is 0 Å². The highest BCUT2D eigenvalue weighted by molar-refractivity contribution is 6.32. The Morgan fingerprint density at radius 2 is 2.18 bits per heavy atom. The topological polar surface area (TPSA) is 25.2 Å². The van der Waals surface area contributed by atoms with Gasteiger partial charge in [0.1, 0.15) is 11.0 Å². The number of hydrogen-bond acceptors (Lipinski definition) is 1. The largest absolute Gasteiger partial charge is 0.389 e. The Bertz CT molecular complexity index is 548. The number of benzene rings is 1. The molecule has 2 rings (SSSR count). The van der Waals surface area contributed by atoms with Gasteiger partial charge in [-0.05, 0) is 19.4 Å². The van der Waals surface area contributed by atoms with Gasteiger partial charge in [-0.1, -0.05) is 30.7 Å². The van der Waals surface area contributed by atoms with Crippen molar-refractivity contribution in [3.8, 4) is 0 Å². The first kappa shape index (κ1) is 12.4. The van der Waals surface area contributed by atoms with Crippen molar-refractivity contribution in [3.05, 3.63) is 34.7 Å². The first-order valence-electron chi connectivity index (χ1n) is 5.72. The van der Waals surface area contributed by atoms with E-state index in [0.29, 0.717) is 28.2 Å². The Morgan fingerprint density at radius 3 is 2.76 bits per heavy atom. The zero-order chi connectivity index (χ0) is 12.6. The van der Waals surface area contributed by atoms with Crippen LogP contribution in [0.15, 0.2) is 18.2 Å². The van der Waals surface area contributed by atoms with Crippen LogP contribution in [-0.4, -0.2) is 9.67 Å². The number of para-hydroxylation sites is 1. The zero-order valence-corrected chi connectivity index (χ0v) is 10.6. The van der Waals surface area contributed by atoms with Crippen LogP contribution in [0.2, 0.25) is 5.15 Å².